The van der Waals surface area contributed by atoms with E-state index in [1.807, 2.05) is 60.8 Å². The highest BCUT2D eigenvalue weighted by Crippen LogP contribution is 2.17. The van der Waals surface area contributed by atoms with Crippen LogP contribution in [0.4, 0.5) is 0 Å². The van der Waals surface area contributed by atoms with E-state index in [9.17, 15) is 4.79 Å². The molecule has 126 valence electrons. The number of benzene rings is 2. The summed E-state index contributed by atoms with van der Waals surface area (Å²) in [6.45, 7) is 2.00. The minimum Gasteiger partial charge on any atom is -0.268 e. The number of rotatable bonds is 2. The lowest BCUT2D eigenvalue weighted by Crippen LogP contribution is -2.24. The van der Waals surface area contributed by atoms with E-state index in [1.54, 1.807) is 10.8 Å². The zero-order valence-electron chi connectivity index (χ0n) is 14.1. The molecule has 0 aliphatic carbocycles. The first-order chi connectivity index (χ1) is 12.8. The number of aromatic nitrogens is 3. The molecule has 4 nitrogen and oxygen atoms in total. The first-order valence-electron chi connectivity index (χ1n) is 8.29. The van der Waals surface area contributed by atoms with Crippen LogP contribution in [0.1, 0.15) is 23.3 Å². The Morgan fingerprint density at radius 3 is 2.65 bits per heavy atom. The maximum absolute atomic E-state index is 13.3. The molecule has 2 aromatic heterocycles. The predicted molar refractivity (Wildman–Crippen MR) is 105 cm³/mol. The van der Waals surface area contributed by atoms with Crippen molar-refractivity contribution in [3.63, 3.8) is 0 Å². The van der Waals surface area contributed by atoms with Crippen molar-refractivity contribution in [2.75, 3.05) is 0 Å². The average molecular weight is 357 g/mol. The summed E-state index contributed by atoms with van der Waals surface area (Å²) in [5.74, 6) is 6.86. The Labute approximate surface area is 154 Å². The molecule has 26 heavy (non-hydrogen) atoms. The molecule has 0 amide bonds. The molecule has 0 atom stereocenters. The molecule has 0 N–H and O–H groups in total. The number of aryl methyl sites for hydroxylation is 1. The van der Waals surface area contributed by atoms with Gasteiger partial charge in [-0.2, -0.15) is 0 Å². The number of nitrogens with zero attached hydrogens (tertiary/aromatic N) is 3. The Morgan fingerprint density at radius 1 is 1.08 bits per heavy atom. The second kappa shape index (κ2) is 6.95. The Bertz CT molecular complexity index is 1180. The van der Waals surface area contributed by atoms with Gasteiger partial charge in [0.1, 0.15) is 5.82 Å². The van der Waals surface area contributed by atoms with Crippen molar-refractivity contribution in [1.29, 1.82) is 0 Å². The fourth-order valence-corrected chi connectivity index (χ4v) is 3.35. The highest BCUT2D eigenvalue weighted by Gasteiger charge is 2.13. The Kier molecular flexibility index (Phi) is 4.34. The van der Waals surface area contributed by atoms with Crippen molar-refractivity contribution in [2.45, 2.75) is 13.3 Å². The summed E-state index contributed by atoms with van der Waals surface area (Å²) in [5.41, 5.74) is 2.06. The fourth-order valence-electron chi connectivity index (χ4n) is 2.87. The minimum absolute atomic E-state index is 0.0953. The van der Waals surface area contributed by atoms with Crippen molar-refractivity contribution in [3.8, 4) is 17.5 Å². The summed E-state index contributed by atoms with van der Waals surface area (Å²) in [6.07, 6.45) is 2.38. The van der Waals surface area contributed by atoms with Crippen molar-refractivity contribution < 1.29 is 0 Å². The molecule has 0 spiro atoms. The van der Waals surface area contributed by atoms with Crippen LogP contribution in [0, 0.1) is 11.8 Å². The summed E-state index contributed by atoms with van der Waals surface area (Å²) in [7, 11) is 0. The molecule has 0 saturated heterocycles. The average Bonchev–Trinajstić information content (AvgIpc) is 3.20. The van der Waals surface area contributed by atoms with E-state index in [1.165, 1.54) is 11.3 Å². The number of fused-ring (bicyclic) bond motifs is 1. The van der Waals surface area contributed by atoms with Crippen molar-refractivity contribution >= 4 is 22.2 Å². The molecule has 0 aliphatic rings. The Balaban J connectivity index is 2.00. The van der Waals surface area contributed by atoms with Gasteiger partial charge in [0, 0.05) is 23.6 Å². The molecule has 5 heteroatoms. The van der Waals surface area contributed by atoms with Crippen molar-refractivity contribution in [3.05, 3.63) is 86.9 Å². The summed E-state index contributed by atoms with van der Waals surface area (Å²) < 4.78 is 1.68. The van der Waals surface area contributed by atoms with Gasteiger partial charge in [-0.05, 0) is 30.2 Å². The zero-order chi connectivity index (χ0) is 17.9. The van der Waals surface area contributed by atoms with Crippen LogP contribution < -0.4 is 5.56 Å². The molecule has 0 unspecified atom stereocenters. The van der Waals surface area contributed by atoms with Crippen LogP contribution in [-0.4, -0.2) is 14.5 Å². The van der Waals surface area contributed by atoms with E-state index in [0.717, 1.165) is 16.5 Å². The third kappa shape index (κ3) is 2.92. The summed E-state index contributed by atoms with van der Waals surface area (Å²) in [4.78, 5) is 22.2. The van der Waals surface area contributed by atoms with E-state index in [-0.39, 0.29) is 5.56 Å². The molecule has 2 aromatic carbocycles. The van der Waals surface area contributed by atoms with Gasteiger partial charge < -0.3 is 0 Å². The van der Waals surface area contributed by atoms with Crippen LogP contribution >= 0.6 is 11.3 Å². The lowest BCUT2D eigenvalue weighted by atomic mass is 10.1. The van der Waals surface area contributed by atoms with E-state index in [0.29, 0.717) is 22.9 Å². The van der Waals surface area contributed by atoms with E-state index in [4.69, 9.17) is 4.98 Å². The topological polar surface area (TPSA) is 47.8 Å². The quantitative estimate of drug-likeness (QED) is 0.513. The summed E-state index contributed by atoms with van der Waals surface area (Å²) >= 11 is 1.47. The smallest absolute Gasteiger partial charge is 0.267 e. The van der Waals surface area contributed by atoms with Gasteiger partial charge in [-0.3, -0.25) is 9.36 Å². The van der Waals surface area contributed by atoms with E-state index in [2.05, 4.69) is 16.8 Å². The molecule has 0 fully saturated rings. The molecule has 2 heterocycles. The van der Waals surface area contributed by atoms with Gasteiger partial charge >= 0.3 is 0 Å². The monoisotopic (exact) mass is 357 g/mol. The highest BCUT2D eigenvalue weighted by molar-refractivity contribution is 7.10. The largest absolute Gasteiger partial charge is 0.268 e. The summed E-state index contributed by atoms with van der Waals surface area (Å²) in [5, 5.41) is 3.14. The van der Waals surface area contributed by atoms with Gasteiger partial charge in [0.05, 0.1) is 16.6 Å². The number of para-hydroxylation sites is 1. The zero-order valence-corrected chi connectivity index (χ0v) is 15.0. The van der Waals surface area contributed by atoms with Gasteiger partial charge in [-0.1, -0.05) is 37.1 Å². The Morgan fingerprint density at radius 2 is 1.92 bits per heavy atom. The SMILES string of the molecule is CCc1nc2cccc(C#Cc3nccs3)c2c(=O)n1-c1ccccc1. The van der Waals surface area contributed by atoms with Crippen LogP contribution in [0.15, 0.2) is 64.9 Å². The first kappa shape index (κ1) is 16.2. The standard InChI is InChI=1S/C21H15N3OS/c1-2-18-23-17-10-6-7-15(11-12-19-22-13-14-26-19)20(17)21(25)24(18)16-8-4-3-5-9-16/h3-10,13-14H,2H2,1H3. The maximum Gasteiger partial charge on any atom is 0.267 e. The van der Waals surface area contributed by atoms with Crippen LogP contribution in [0.3, 0.4) is 0 Å². The second-order valence-corrected chi connectivity index (χ2v) is 6.54. The third-order valence-electron chi connectivity index (χ3n) is 4.03. The fraction of sp³-hybridized carbons (Fsp3) is 0.0952. The first-order valence-corrected chi connectivity index (χ1v) is 9.17. The molecular formula is C21H15N3OS. The molecule has 4 aromatic rings. The number of hydrogen-bond donors (Lipinski definition) is 0. The highest BCUT2D eigenvalue weighted by atomic mass is 32.1. The lowest BCUT2D eigenvalue weighted by molar-refractivity contribution is 0.833. The number of thiazole rings is 1. The van der Waals surface area contributed by atoms with E-state index < -0.39 is 0 Å². The molecular weight excluding hydrogens is 342 g/mol. The minimum atomic E-state index is -0.0953. The lowest BCUT2D eigenvalue weighted by Gasteiger charge is -2.13. The van der Waals surface area contributed by atoms with Gasteiger partial charge in [0.25, 0.3) is 5.56 Å². The van der Waals surface area contributed by atoms with Crippen LogP contribution in [0.25, 0.3) is 16.6 Å². The van der Waals surface area contributed by atoms with Crippen LogP contribution in [-0.2, 0) is 6.42 Å². The Hall–Kier alpha value is -3.23. The molecule has 4 rings (SSSR count). The third-order valence-corrected chi connectivity index (χ3v) is 4.72. The van der Waals surface area contributed by atoms with Crippen molar-refractivity contribution in [2.24, 2.45) is 0 Å². The number of hydrogen-bond acceptors (Lipinski definition) is 4. The van der Waals surface area contributed by atoms with Gasteiger partial charge in [0.15, 0.2) is 5.01 Å². The van der Waals surface area contributed by atoms with Gasteiger partial charge in [-0.15, -0.1) is 11.3 Å². The predicted octanol–water partition coefficient (Wildman–Crippen LogP) is 3.80. The van der Waals surface area contributed by atoms with Crippen LogP contribution in [0.2, 0.25) is 0 Å². The molecule has 0 aliphatic heterocycles. The normalized spacial score (nSPS) is 10.5. The molecule has 0 saturated carbocycles. The second-order valence-electron chi connectivity index (χ2n) is 5.64. The molecule has 0 radical (unpaired) electrons. The van der Waals surface area contributed by atoms with E-state index >= 15 is 0 Å². The van der Waals surface area contributed by atoms with Gasteiger partial charge in [0.2, 0.25) is 0 Å². The van der Waals surface area contributed by atoms with Crippen LogP contribution in [0.5, 0.6) is 0 Å². The van der Waals surface area contributed by atoms with Crippen molar-refractivity contribution in [1.82, 2.24) is 14.5 Å². The summed E-state index contributed by atoms with van der Waals surface area (Å²) in [6, 6.07) is 15.2. The maximum atomic E-state index is 13.3. The van der Waals surface area contributed by atoms with Gasteiger partial charge in [-0.25, -0.2) is 9.97 Å². The molecule has 0 bridgehead atoms.